The number of aliphatic hydroxyl groups is 1. The van der Waals surface area contributed by atoms with Crippen LogP contribution in [0.25, 0.3) is 0 Å². The smallest absolute Gasteiger partial charge is 0.435 e. The molecule has 2 N–H and O–H groups in total. The minimum Gasteiger partial charge on any atom is -0.492 e. The van der Waals surface area contributed by atoms with Crippen LogP contribution in [0.1, 0.15) is 40.2 Å². The molecule has 0 unspecified atom stereocenters. The Labute approximate surface area is 160 Å². The van der Waals surface area contributed by atoms with E-state index in [2.05, 4.69) is 10.4 Å². The van der Waals surface area contributed by atoms with Crippen LogP contribution in [0.2, 0.25) is 0 Å². The molecular formula is C19H22F3N3O3. The summed E-state index contributed by atoms with van der Waals surface area (Å²) in [4.78, 5) is 11.8. The number of benzene rings is 1. The molecule has 2 aromatic rings. The number of alkyl halides is 3. The van der Waals surface area contributed by atoms with Crippen LogP contribution in [-0.4, -0.2) is 40.6 Å². The van der Waals surface area contributed by atoms with Crippen LogP contribution in [0.4, 0.5) is 13.2 Å². The Morgan fingerprint density at radius 2 is 1.93 bits per heavy atom. The quantitative estimate of drug-likeness (QED) is 0.753. The number of rotatable bonds is 7. The Bertz CT molecular complexity index is 816. The van der Waals surface area contributed by atoms with Crippen molar-refractivity contribution in [3.8, 4) is 5.75 Å². The maximum absolute atomic E-state index is 13.2. The van der Waals surface area contributed by atoms with Gasteiger partial charge >= 0.3 is 6.18 Å². The molecule has 0 bridgehead atoms. The van der Waals surface area contributed by atoms with Gasteiger partial charge in [0.1, 0.15) is 12.4 Å². The second-order valence-corrected chi connectivity index (χ2v) is 6.55. The number of amides is 1. The lowest BCUT2D eigenvalue weighted by Gasteiger charge is -2.15. The van der Waals surface area contributed by atoms with Crippen LogP contribution in [0.3, 0.4) is 0 Å². The molecule has 0 spiro atoms. The van der Waals surface area contributed by atoms with Gasteiger partial charge in [0.15, 0.2) is 5.69 Å². The molecule has 0 aliphatic heterocycles. The van der Waals surface area contributed by atoms with E-state index in [4.69, 9.17) is 9.84 Å². The Kier molecular flexibility index (Phi) is 6.23. The number of aliphatic hydroxyl groups excluding tert-OH is 1. The van der Waals surface area contributed by atoms with Crippen LogP contribution < -0.4 is 10.1 Å². The molecule has 0 saturated carbocycles. The number of nitrogens with zero attached hydrogens (tertiary/aromatic N) is 2. The number of fused-ring (bicyclic) bond motifs is 1. The maximum atomic E-state index is 13.2. The normalized spacial score (nSPS) is 13.9. The monoisotopic (exact) mass is 397 g/mol. The lowest BCUT2D eigenvalue weighted by atomic mass is 9.95. The maximum Gasteiger partial charge on any atom is 0.435 e. The molecule has 6 nitrogen and oxygen atoms in total. The van der Waals surface area contributed by atoms with Gasteiger partial charge < -0.3 is 15.2 Å². The number of carbonyl (C=O) groups is 1. The van der Waals surface area contributed by atoms with E-state index >= 15 is 0 Å². The molecule has 1 aliphatic carbocycles. The molecule has 0 saturated heterocycles. The van der Waals surface area contributed by atoms with Gasteiger partial charge in [0, 0.05) is 23.4 Å². The minimum absolute atomic E-state index is 0.139. The standard InChI is InChI=1S/C19H22F3N3O3/c20-19(21,22)17-15-3-1-2-4-16(15)25(24-17)10-12-28-14-7-5-13(6-8-14)18(27)23-9-11-26/h5-8,26H,1-4,9-12H2,(H,23,27). The summed E-state index contributed by atoms with van der Waals surface area (Å²) in [6.45, 7) is 0.421. The number of aromatic nitrogens is 2. The van der Waals surface area contributed by atoms with Gasteiger partial charge in [-0.1, -0.05) is 0 Å². The van der Waals surface area contributed by atoms with E-state index < -0.39 is 11.9 Å². The largest absolute Gasteiger partial charge is 0.492 e. The van der Waals surface area contributed by atoms with Crippen molar-refractivity contribution in [1.29, 1.82) is 0 Å². The molecule has 3 rings (SSSR count). The number of ether oxygens (including phenoxy) is 1. The zero-order chi connectivity index (χ0) is 20.1. The highest BCUT2D eigenvalue weighted by Gasteiger charge is 2.39. The number of hydrogen-bond acceptors (Lipinski definition) is 4. The second kappa shape index (κ2) is 8.64. The van der Waals surface area contributed by atoms with E-state index in [0.29, 0.717) is 35.4 Å². The Morgan fingerprint density at radius 1 is 1.21 bits per heavy atom. The first-order chi connectivity index (χ1) is 13.4. The minimum atomic E-state index is -4.44. The van der Waals surface area contributed by atoms with Crippen molar-refractivity contribution >= 4 is 5.91 Å². The fraction of sp³-hybridized carbons (Fsp3) is 0.474. The SMILES string of the molecule is O=C(NCCO)c1ccc(OCCn2nc(C(F)(F)F)c3c2CCCC3)cc1. The van der Waals surface area contributed by atoms with Crippen molar-refractivity contribution in [3.05, 3.63) is 46.8 Å². The summed E-state index contributed by atoms with van der Waals surface area (Å²) < 4.78 is 46.6. The average molecular weight is 397 g/mol. The van der Waals surface area contributed by atoms with Crippen molar-refractivity contribution in [2.45, 2.75) is 38.4 Å². The number of carbonyl (C=O) groups excluding carboxylic acids is 1. The van der Waals surface area contributed by atoms with Gasteiger partial charge in [-0.25, -0.2) is 0 Å². The molecule has 152 valence electrons. The number of nitrogens with one attached hydrogen (secondary N) is 1. The van der Waals surface area contributed by atoms with E-state index in [1.54, 1.807) is 24.3 Å². The van der Waals surface area contributed by atoms with Gasteiger partial charge in [-0.2, -0.15) is 18.3 Å². The molecular weight excluding hydrogens is 375 g/mol. The molecule has 1 amide bonds. The van der Waals surface area contributed by atoms with Gasteiger partial charge in [0.25, 0.3) is 5.91 Å². The Hall–Kier alpha value is -2.55. The predicted molar refractivity (Wildman–Crippen MR) is 95.2 cm³/mol. The third-order valence-corrected chi connectivity index (χ3v) is 4.61. The first kappa shape index (κ1) is 20.2. The van der Waals surface area contributed by atoms with Crippen LogP contribution in [0.15, 0.2) is 24.3 Å². The summed E-state index contributed by atoms with van der Waals surface area (Å²) >= 11 is 0. The third kappa shape index (κ3) is 4.64. The molecule has 0 radical (unpaired) electrons. The van der Waals surface area contributed by atoms with E-state index in [1.807, 2.05) is 0 Å². The first-order valence-corrected chi connectivity index (χ1v) is 9.18. The average Bonchev–Trinajstić information content (AvgIpc) is 3.06. The summed E-state index contributed by atoms with van der Waals surface area (Å²) in [5, 5.41) is 15.1. The van der Waals surface area contributed by atoms with Gasteiger partial charge in [0.2, 0.25) is 0 Å². The highest BCUT2D eigenvalue weighted by molar-refractivity contribution is 5.94. The van der Waals surface area contributed by atoms with Crippen molar-refractivity contribution < 1.29 is 27.8 Å². The summed E-state index contributed by atoms with van der Waals surface area (Å²) in [5.41, 5.74) is 0.618. The topological polar surface area (TPSA) is 76.4 Å². The second-order valence-electron chi connectivity index (χ2n) is 6.55. The Morgan fingerprint density at radius 3 is 2.61 bits per heavy atom. The lowest BCUT2D eigenvalue weighted by molar-refractivity contribution is -0.142. The first-order valence-electron chi connectivity index (χ1n) is 9.18. The fourth-order valence-electron chi connectivity index (χ4n) is 3.31. The van der Waals surface area contributed by atoms with E-state index in [-0.39, 0.29) is 32.2 Å². The van der Waals surface area contributed by atoms with Crippen LogP contribution >= 0.6 is 0 Å². The fourth-order valence-corrected chi connectivity index (χ4v) is 3.31. The van der Waals surface area contributed by atoms with Crippen molar-refractivity contribution in [2.24, 2.45) is 0 Å². The van der Waals surface area contributed by atoms with Gasteiger partial charge in [-0.05, 0) is 49.9 Å². The zero-order valence-corrected chi connectivity index (χ0v) is 15.3. The molecule has 0 fully saturated rings. The van der Waals surface area contributed by atoms with E-state index in [0.717, 1.165) is 12.8 Å². The molecule has 1 aromatic heterocycles. The molecule has 28 heavy (non-hydrogen) atoms. The van der Waals surface area contributed by atoms with Gasteiger partial charge in [-0.15, -0.1) is 0 Å². The molecule has 1 aliphatic rings. The van der Waals surface area contributed by atoms with Crippen LogP contribution in [0.5, 0.6) is 5.75 Å². The molecule has 1 aromatic carbocycles. The summed E-state index contributed by atoms with van der Waals surface area (Å²) in [6, 6.07) is 6.40. The highest BCUT2D eigenvalue weighted by atomic mass is 19.4. The molecule has 0 atom stereocenters. The Balaban J connectivity index is 1.61. The van der Waals surface area contributed by atoms with Crippen molar-refractivity contribution in [2.75, 3.05) is 19.8 Å². The number of hydrogen-bond donors (Lipinski definition) is 2. The summed E-state index contributed by atoms with van der Waals surface area (Å²) in [7, 11) is 0. The summed E-state index contributed by atoms with van der Waals surface area (Å²) in [5.74, 6) is 0.208. The van der Waals surface area contributed by atoms with E-state index in [9.17, 15) is 18.0 Å². The van der Waals surface area contributed by atoms with Crippen molar-refractivity contribution in [1.82, 2.24) is 15.1 Å². The van der Waals surface area contributed by atoms with E-state index in [1.165, 1.54) is 4.68 Å². The lowest BCUT2D eigenvalue weighted by Crippen LogP contribution is -2.26. The van der Waals surface area contributed by atoms with Crippen LogP contribution in [-0.2, 0) is 25.6 Å². The van der Waals surface area contributed by atoms with Gasteiger partial charge in [-0.3, -0.25) is 9.48 Å². The third-order valence-electron chi connectivity index (χ3n) is 4.61. The molecule has 9 heteroatoms. The molecule has 1 heterocycles. The highest BCUT2D eigenvalue weighted by Crippen LogP contribution is 2.35. The summed E-state index contributed by atoms with van der Waals surface area (Å²) in [6.07, 6.45) is -1.84. The van der Waals surface area contributed by atoms with Crippen molar-refractivity contribution in [3.63, 3.8) is 0 Å². The zero-order valence-electron chi connectivity index (χ0n) is 15.3. The number of halogens is 3. The van der Waals surface area contributed by atoms with Gasteiger partial charge in [0.05, 0.1) is 13.2 Å². The predicted octanol–water partition coefficient (Wildman–Crippen LogP) is 2.58. The van der Waals surface area contributed by atoms with Crippen LogP contribution in [0, 0.1) is 0 Å².